The van der Waals surface area contributed by atoms with Gasteiger partial charge in [0.05, 0.1) is 12.6 Å². The Balaban J connectivity index is 1.88. The predicted octanol–water partition coefficient (Wildman–Crippen LogP) is 2.19. The number of halogens is 1. The third-order valence-corrected chi connectivity index (χ3v) is 4.47. The van der Waals surface area contributed by atoms with E-state index in [1.54, 1.807) is 6.07 Å². The lowest BCUT2D eigenvalue weighted by Crippen LogP contribution is -2.43. The third kappa shape index (κ3) is 4.37. The van der Waals surface area contributed by atoms with E-state index in [-0.39, 0.29) is 24.3 Å². The Morgan fingerprint density at radius 2 is 2.18 bits per heavy atom. The van der Waals surface area contributed by atoms with E-state index in [0.29, 0.717) is 11.4 Å². The summed E-state index contributed by atoms with van der Waals surface area (Å²) >= 11 is 1.46. The van der Waals surface area contributed by atoms with Crippen LogP contribution in [0.25, 0.3) is 0 Å². The molecule has 0 saturated heterocycles. The van der Waals surface area contributed by atoms with Crippen LogP contribution < -0.4 is 16.0 Å². The number of thioether (sulfide) groups is 1. The Kier molecular flexibility index (Phi) is 6.06. The van der Waals surface area contributed by atoms with Crippen LogP contribution in [0.4, 0.5) is 9.18 Å². The number of fused-ring (bicyclic) bond motifs is 1. The molecule has 1 atom stereocenters. The van der Waals surface area contributed by atoms with Gasteiger partial charge in [-0.05, 0) is 24.5 Å². The second kappa shape index (κ2) is 8.03. The molecule has 0 aromatic heterocycles. The van der Waals surface area contributed by atoms with Gasteiger partial charge in [0, 0.05) is 17.2 Å². The zero-order valence-corrected chi connectivity index (χ0v) is 13.3. The molecule has 0 bridgehead atoms. The number of hydrogen-bond donors (Lipinski definition) is 3. The highest BCUT2D eigenvalue weighted by atomic mass is 32.2. The maximum Gasteiger partial charge on any atom is 0.315 e. The van der Waals surface area contributed by atoms with E-state index in [9.17, 15) is 14.0 Å². The molecule has 1 aliphatic rings. The summed E-state index contributed by atoms with van der Waals surface area (Å²) in [6.45, 7) is 2.48. The van der Waals surface area contributed by atoms with Gasteiger partial charge in [-0.15, -0.1) is 11.8 Å². The third-order valence-electron chi connectivity index (χ3n) is 3.31. The lowest BCUT2D eigenvalue weighted by atomic mass is 10.0. The largest absolute Gasteiger partial charge is 0.355 e. The highest BCUT2D eigenvalue weighted by Gasteiger charge is 2.24. The Hall–Kier alpha value is -1.76. The first-order valence-electron chi connectivity index (χ1n) is 7.34. The van der Waals surface area contributed by atoms with E-state index in [2.05, 4.69) is 16.0 Å². The van der Waals surface area contributed by atoms with Crippen molar-refractivity contribution in [2.75, 3.05) is 18.8 Å². The van der Waals surface area contributed by atoms with Gasteiger partial charge in [0.1, 0.15) is 5.82 Å². The van der Waals surface area contributed by atoms with E-state index >= 15 is 0 Å². The molecule has 3 N–H and O–H groups in total. The van der Waals surface area contributed by atoms with Crippen molar-refractivity contribution in [1.82, 2.24) is 16.0 Å². The first-order valence-corrected chi connectivity index (χ1v) is 8.32. The van der Waals surface area contributed by atoms with Crippen molar-refractivity contribution >= 4 is 23.7 Å². The van der Waals surface area contributed by atoms with Crippen LogP contribution in [-0.4, -0.2) is 30.8 Å². The molecular formula is C15H20FN3O2S. The van der Waals surface area contributed by atoms with Crippen molar-refractivity contribution in [2.24, 2.45) is 0 Å². The molecule has 0 spiro atoms. The Morgan fingerprint density at radius 1 is 1.36 bits per heavy atom. The standard InChI is InChI=1S/C15H20FN3O2S/c1-2-7-17-13(20)9-18-15(21)19-12-6-8-22-14-10(12)4-3-5-11(14)16/h3-5,12H,2,6-9H2,1H3,(H,17,20)(H2,18,19,21). The molecule has 0 aliphatic carbocycles. The smallest absolute Gasteiger partial charge is 0.315 e. The normalized spacial score (nSPS) is 16.5. The minimum absolute atomic E-state index is 0.0662. The molecule has 22 heavy (non-hydrogen) atoms. The van der Waals surface area contributed by atoms with E-state index in [1.807, 2.05) is 13.0 Å². The molecular weight excluding hydrogens is 305 g/mol. The zero-order valence-electron chi connectivity index (χ0n) is 12.4. The second-order valence-corrected chi connectivity index (χ2v) is 6.13. The number of benzene rings is 1. The first kappa shape index (κ1) is 16.6. The Labute approximate surface area is 133 Å². The number of hydrogen-bond acceptors (Lipinski definition) is 3. The summed E-state index contributed by atoms with van der Waals surface area (Å²) in [5, 5.41) is 8.01. The van der Waals surface area contributed by atoms with Gasteiger partial charge in [-0.25, -0.2) is 9.18 Å². The molecule has 1 heterocycles. The van der Waals surface area contributed by atoms with Crippen LogP contribution in [-0.2, 0) is 4.79 Å². The molecule has 1 aromatic rings. The molecule has 0 saturated carbocycles. The van der Waals surface area contributed by atoms with Crippen molar-refractivity contribution in [1.29, 1.82) is 0 Å². The van der Waals surface area contributed by atoms with E-state index in [1.165, 1.54) is 17.8 Å². The fraction of sp³-hybridized carbons (Fsp3) is 0.467. The van der Waals surface area contributed by atoms with Crippen LogP contribution in [0.2, 0.25) is 0 Å². The fourth-order valence-corrected chi connectivity index (χ4v) is 3.37. The minimum atomic E-state index is -0.418. The average Bonchev–Trinajstić information content (AvgIpc) is 2.52. The summed E-state index contributed by atoms with van der Waals surface area (Å²) in [7, 11) is 0. The van der Waals surface area contributed by atoms with E-state index in [4.69, 9.17) is 0 Å². The molecule has 3 amide bonds. The summed E-state index contributed by atoms with van der Waals surface area (Å²) in [6.07, 6.45) is 1.58. The monoisotopic (exact) mass is 325 g/mol. The minimum Gasteiger partial charge on any atom is -0.355 e. The van der Waals surface area contributed by atoms with Gasteiger partial charge in [-0.2, -0.15) is 0 Å². The molecule has 0 fully saturated rings. The van der Waals surface area contributed by atoms with Gasteiger partial charge in [0.2, 0.25) is 5.91 Å². The molecule has 1 unspecified atom stereocenters. The van der Waals surface area contributed by atoms with Crippen LogP contribution in [0.15, 0.2) is 23.1 Å². The number of nitrogens with one attached hydrogen (secondary N) is 3. The van der Waals surface area contributed by atoms with Crippen LogP contribution in [0.3, 0.4) is 0 Å². The number of rotatable bonds is 5. The highest BCUT2D eigenvalue weighted by Crippen LogP contribution is 2.37. The maximum absolute atomic E-state index is 13.8. The van der Waals surface area contributed by atoms with Crippen molar-refractivity contribution in [3.8, 4) is 0 Å². The first-order chi connectivity index (χ1) is 10.6. The predicted molar refractivity (Wildman–Crippen MR) is 84.3 cm³/mol. The van der Waals surface area contributed by atoms with Crippen molar-refractivity contribution in [3.63, 3.8) is 0 Å². The molecule has 2 rings (SSSR count). The number of carbonyl (C=O) groups excluding carboxylic acids is 2. The van der Waals surface area contributed by atoms with Crippen molar-refractivity contribution < 1.29 is 14.0 Å². The lowest BCUT2D eigenvalue weighted by molar-refractivity contribution is -0.120. The van der Waals surface area contributed by atoms with Gasteiger partial charge >= 0.3 is 6.03 Å². The van der Waals surface area contributed by atoms with Crippen molar-refractivity contribution in [2.45, 2.75) is 30.7 Å². The quantitative estimate of drug-likeness (QED) is 0.777. The average molecular weight is 325 g/mol. The summed E-state index contributed by atoms with van der Waals surface area (Å²) in [5.41, 5.74) is 0.793. The van der Waals surface area contributed by atoms with Gasteiger partial charge in [0.25, 0.3) is 0 Å². The zero-order chi connectivity index (χ0) is 15.9. The number of carbonyl (C=O) groups is 2. The lowest BCUT2D eigenvalue weighted by Gasteiger charge is -2.26. The highest BCUT2D eigenvalue weighted by molar-refractivity contribution is 7.99. The van der Waals surface area contributed by atoms with Crippen molar-refractivity contribution in [3.05, 3.63) is 29.6 Å². The maximum atomic E-state index is 13.8. The number of urea groups is 1. The summed E-state index contributed by atoms with van der Waals surface area (Å²) in [5.74, 6) is 0.270. The SMILES string of the molecule is CCCNC(=O)CNC(=O)NC1CCSc2c(F)cccc21. The Bertz CT molecular complexity index is 554. The molecule has 5 nitrogen and oxygen atoms in total. The van der Waals surface area contributed by atoms with Crippen LogP contribution >= 0.6 is 11.8 Å². The topological polar surface area (TPSA) is 70.2 Å². The Morgan fingerprint density at radius 3 is 2.95 bits per heavy atom. The van der Waals surface area contributed by atoms with Gasteiger partial charge < -0.3 is 16.0 Å². The summed E-state index contributed by atoms with van der Waals surface area (Å²) in [6, 6.07) is 4.24. The van der Waals surface area contributed by atoms with Gasteiger partial charge in [0.15, 0.2) is 0 Å². The molecule has 0 radical (unpaired) electrons. The molecule has 1 aromatic carbocycles. The van der Waals surface area contributed by atoms with Gasteiger partial charge in [-0.3, -0.25) is 4.79 Å². The van der Waals surface area contributed by atoms with Crippen LogP contribution in [0.1, 0.15) is 31.4 Å². The van der Waals surface area contributed by atoms with Crippen LogP contribution in [0, 0.1) is 5.82 Å². The molecule has 1 aliphatic heterocycles. The van der Waals surface area contributed by atoms with E-state index < -0.39 is 6.03 Å². The summed E-state index contributed by atoms with van der Waals surface area (Å²) in [4.78, 5) is 23.9. The molecule has 120 valence electrons. The second-order valence-electron chi connectivity index (χ2n) is 5.02. The summed E-state index contributed by atoms with van der Waals surface area (Å²) < 4.78 is 13.8. The van der Waals surface area contributed by atoms with Gasteiger partial charge in [-0.1, -0.05) is 19.1 Å². The molecule has 7 heteroatoms. The van der Waals surface area contributed by atoms with E-state index in [0.717, 1.165) is 24.2 Å². The van der Waals surface area contributed by atoms with Crippen LogP contribution in [0.5, 0.6) is 0 Å². The number of amides is 3. The fourth-order valence-electron chi connectivity index (χ4n) is 2.23.